The average molecular weight is 534 g/mol. The monoisotopic (exact) mass is 533 g/mol. The molecule has 3 aliphatic rings. The van der Waals surface area contributed by atoms with Gasteiger partial charge < -0.3 is 15.0 Å². The van der Waals surface area contributed by atoms with Crippen molar-refractivity contribution in [3.63, 3.8) is 0 Å². The van der Waals surface area contributed by atoms with Crippen molar-refractivity contribution in [2.45, 2.75) is 18.3 Å². The van der Waals surface area contributed by atoms with Crippen molar-refractivity contribution < 1.29 is 32.3 Å². The van der Waals surface area contributed by atoms with Gasteiger partial charge in [0, 0.05) is 11.9 Å². The highest BCUT2D eigenvalue weighted by Crippen LogP contribution is 2.53. The fourth-order valence-corrected chi connectivity index (χ4v) is 5.82. The van der Waals surface area contributed by atoms with Gasteiger partial charge in [-0.15, -0.1) is 0 Å². The second kappa shape index (κ2) is 9.00. The van der Waals surface area contributed by atoms with Gasteiger partial charge in [-0.05, 0) is 59.7 Å². The number of nitrogens with one attached hydrogen (secondary N) is 1. The number of nitrogens with zero attached hydrogens (tertiary/aromatic N) is 2. The van der Waals surface area contributed by atoms with Crippen molar-refractivity contribution >= 4 is 35.2 Å². The lowest BCUT2D eigenvalue weighted by Gasteiger charge is -2.35. The van der Waals surface area contributed by atoms with Crippen LogP contribution < -0.4 is 15.0 Å². The van der Waals surface area contributed by atoms with Crippen LogP contribution in [0.25, 0.3) is 6.08 Å². The predicted octanol–water partition coefficient (Wildman–Crippen LogP) is 4.87. The van der Waals surface area contributed by atoms with Crippen molar-refractivity contribution in [2.75, 3.05) is 17.3 Å². The number of rotatable bonds is 4. The van der Waals surface area contributed by atoms with E-state index in [9.17, 15) is 27.6 Å². The van der Waals surface area contributed by atoms with Gasteiger partial charge in [-0.1, -0.05) is 30.3 Å². The molecule has 4 atom stereocenters. The van der Waals surface area contributed by atoms with E-state index in [0.29, 0.717) is 11.4 Å². The summed E-state index contributed by atoms with van der Waals surface area (Å²) in [4.78, 5) is 43.9. The Bertz CT molecular complexity index is 1520. The first-order chi connectivity index (χ1) is 18.7. The fraction of sp³-hybridized carbons (Fsp3) is 0.207. The van der Waals surface area contributed by atoms with Gasteiger partial charge in [0.05, 0.1) is 36.2 Å². The maximum atomic E-state index is 13.8. The molecule has 198 valence electrons. The van der Waals surface area contributed by atoms with Crippen LogP contribution in [0.15, 0.2) is 79.0 Å². The molecule has 6 rings (SSSR count). The predicted molar refractivity (Wildman–Crippen MR) is 136 cm³/mol. The van der Waals surface area contributed by atoms with Crippen molar-refractivity contribution in [3.8, 4) is 5.75 Å². The molecular formula is C29H22F3N3O4. The van der Waals surface area contributed by atoms with E-state index in [0.717, 1.165) is 34.2 Å². The second-order valence-corrected chi connectivity index (χ2v) is 9.61. The smallest absolute Gasteiger partial charge is 0.416 e. The molecule has 0 unspecified atom stereocenters. The Morgan fingerprint density at radius 1 is 0.923 bits per heavy atom. The zero-order valence-electron chi connectivity index (χ0n) is 20.6. The zero-order valence-corrected chi connectivity index (χ0v) is 20.6. The number of carbonyl (C=O) groups excluding carboxylic acids is 3. The lowest BCUT2D eigenvalue weighted by atomic mass is 9.84. The Kier molecular flexibility index (Phi) is 5.71. The maximum absolute atomic E-state index is 13.8. The van der Waals surface area contributed by atoms with Gasteiger partial charge in [0.2, 0.25) is 17.7 Å². The third-order valence-electron chi connectivity index (χ3n) is 7.52. The summed E-state index contributed by atoms with van der Waals surface area (Å²) in [5, 5.41) is 2.82. The maximum Gasteiger partial charge on any atom is 0.416 e. The van der Waals surface area contributed by atoms with Gasteiger partial charge >= 0.3 is 6.18 Å². The molecule has 3 aliphatic heterocycles. The number of carbonyl (C=O) groups is 3. The number of halogens is 3. The summed E-state index contributed by atoms with van der Waals surface area (Å²) in [6.07, 6.45) is -1.12. The van der Waals surface area contributed by atoms with E-state index >= 15 is 0 Å². The van der Waals surface area contributed by atoms with E-state index in [2.05, 4.69) is 5.32 Å². The summed E-state index contributed by atoms with van der Waals surface area (Å²) in [5.74, 6) is -3.33. The van der Waals surface area contributed by atoms with Crippen LogP contribution in [0.5, 0.6) is 5.75 Å². The molecule has 2 fully saturated rings. The molecule has 3 amide bonds. The van der Waals surface area contributed by atoms with Crippen molar-refractivity contribution in [1.82, 2.24) is 4.90 Å². The summed E-state index contributed by atoms with van der Waals surface area (Å²) < 4.78 is 45.4. The summed E-state index contributed by atoms with van der Waals surface area (Å²) in [7, 11) is 1.52. The SMILES string of the molecule is COc1ccc(NC(=O)[C@@H]2[C@@H]3C(=O)N(c4cccc(C(F)(F)F)c4)C(=O)[C@@H]3[C@@H]3c4ccccc4C=CN23)cc1. The third kappa shape index (κ3) is 3.94. The number of hydrogen-bond donors (Lipinski definition) is 1. The Hall–Kier alpha value is -4.60. The van der Waals surface area contributed by atoms with Crippen LogP contribution in [0.4, 0.5) is 24.5 Å². The molecule has 0 bridgehead atoms. The van der Waals surface area contributed by atoms with Gasteiger partial charge in [0.15, 0.2) is 0 Å². The van der Waals surface area contributed by atoms with Crippen LogP contribution in [-0.2, 0) is 20.6 Å². The third-order valence-corrected chi connectivity index (χ3v) is 7.52. The number of hydrogen-bond acceptors (Lipinski definition) is 5. The Morgan fingerprint density at radius 2 is 1.64 bits per heavy atom. The first-order valence-corrected chi connectivity index (χ1v) is 12.2. The minimum Gasteiger partial charge on any atom is -0.497 e. The van der Waals surface area contributed by atoms with E-state index in [-0.39, 0.29) is 5.69 Å². The lowest BCUT2D eigenvalue weighted by Crippen LogP contribution is -2.46. The van der Waals surface area contributed by atoms with E-state index in [1.165, 1.54) is 13.2 Å². The number of benzene rings is 3. The van der Waals surface area contributed by atoms with E-state index in [1.807, 2.05) is 30.3 Å². The molecule has 7 nitrogen and oxygen atoms in total. The van der Waals surface area contributed by atoms with Gasteiger partial charge in [0.25, 0.3) is 0 Å². The minimum absolute atomic E-state index is 0.172. The normalized spacial score (nSPS) is 23.4. The average Bonchev–Trinajstić information content (AvgIpc) is 3.41. The minimum atomic E-state index is -4.65. The first kappa shape index (κ1) is 24.7. The standard InChI is InChI=1S/C29H22F3N3O4/c1-39-20-11-9-18(10-12-20)33-26(36)25-23-22(24-21-8-3-2-5-16(21)13-14-34(24)25)27(37)35(28(23)38)19-7-4-6-17(15-19)29(30,31)32/h2-15,22-25H,1H3,(H,33,36)/t22-,23+,24-,25-/m0/s1. The summed E-state index contributed by atoms with van der Waals surface area (Å²) in [6, 6.07) is 16.4. The highest BCUT2D eigenvalue weighted by atomic mass is 19.4. The highest BCUT2D eigenvalue weighted by molar-refractivity contribution is 6.24. The molecule has 0 saturated carbocycles. The van der Waals surface area contributed by atoms with E-state index in [4.69, 9.17) is 4.74 Å². The highest BCUT2D eigenvalue weighted by Gasteiger charge is 2.64. The molecule has 2 saturated heterocycles. The molecule has 10 heteroatoms. The number of amides is 3. The summed E-state index contributed by atoms with van der Waals surface area (Å²) in [5.41, 5.74) is 0.927. The summed E-state index contributed by atoms with van der Waals surface area (Å²) in [6.45, 7) is 0. The molecule has 3 heterocycles. The van der Waals surface area contributed by atoms with Gasteiger partial charge in [-0.25, -0.2) is 4.90 Å². The Morgan fingerprint density at radius 3 is 2.36 bits per heavy atom. The zero-order chi connectivity index (χ0) is 27.5. The number of imide groups is 1. The Balaban J connectivity index is 1.42. The quantitative estimate of drug-likeness (QED) is 0.485. The van der Waals surface area contributed by atoms with Crippen LogP contribution in [0, 0.1) is 11.8 Å². The van der Waals surface area contributed by atoms with Crippen molar-refractivity contribution in [2.24, 2.45) is 11.8 Å². The largest absolute Gasteiger partial charge is 0.497 e. The van der Waals surface area contributed by atoms with Crippen LogP contribution in [0.2, 0.25) is 0 Å². The molecule has 3 aromatic carbocycles. The fourth-order valence-electron chi connectivity index (χ4n) is 5.82. The lowest BCUT2D eigenvalue weighted by molar-refractivity contribution is -0.137. The molecule has 0 spiro atoms. The van der Waals surface area contributed by atoms with Gasteiger partial charge in [0.1, 0.15) is 11.8 Å². The van der Waals surface area contributed by atoms with E-state index < -0.39 is 53.4 Å². The van der Waals surface area contributed by atoms with Gasteiger partial charge in [-0.2, -0.15) is 13.2 Å². The topological polar surface area (TPSA) is 79.0 Å². The van der Waals surface area contributed by atoms with Crippen LogP contribution in [0.1, 0.15) is 22.7 Å². The first-order valence-electron chi connectivity index (χ1n) is 12.2. The number of methoxy groups -OCH3 is 1. The molecule has 0 radical (unpaired) electrons. The van der Waals surface area contributed by atoms with Crippen LogP contribution in [0.3, 0.4) is 0 Å². The molecule has 1 N–H and O–H groups in total. The number of alkyl halides is 3. The van der Waals surface area contributed by atoms with Crippen LogP contribution >= 0.6 is 0 Å². The Labute approximate surface area is 221 Å². The molecule has 0 aromatic heterocycles. The van der Waals surface area contributed by atoms with Crippen LogP contribution in [-0.4, -0.2) is 35.8 Å². The summed E-state index contributed by atoms with van der Waals surface area (Å²) >= 11 is 0. The number of anilines is 2. The molecular weight excluding hydrogens is 511 g/mol. The van der Waals surface area contributed by atoms with Crippen molar-refractivity contribution in [3.05, 3.63) is 95.7 Å². The number of fused-ring (bicyclic) bond motifs is 5. The molecule has 39 heavy (non-hydrogen) atoms. The molecule has 3 aromatic rings. The van der Waals surface area contributed by atoms with Crippen molar-refractivity contribution in [1.29, 1.82) is 0 Å². The number of ether oxygens (including phenoxy) is 1. The van der Waals surface area contributed by atoms with Gasteiger partial charge in [-0.3, -0.25) is 14.4 Å². The second-order valence-electron chi connectivity index (χ2n) is 9.61. The van der Waals surface area contributed by atoms with E-state index in [1.54, 1.807) is 35.4 Å². The molecule has 0 aliphatic carbocycles.